The molecule has 0 saturated carbocycles. The molecule has 0 aliphatic carbocycles. The third kappa shape index (κ3) is 3.37. The van der Waals surface area contributed by atoms with Gasteiger partial charge in [0.25, 0.3) is 0 Å². The molecule has 0 aliphatic heterocycles. The van der Waals surface area contributed by atoms with E-state index in [1.54, 1.807) is 12.1 Å². The van der Waals surface area contributed by atoms with E-state index in [1.807, 2.05) is 43.5 Å². The number of hydrogen-bond donors (Lipinski definition) is 0. The quantitative estimate of drug-likeness (QED) is 0.792. The van der Waals surface area contributed by atoms with Crippen molar-refractivity contribution in [3.05, 3.63) is 58.4 Å². The Hall–Kier alpha value is -2.54. The Morgan fingerprint density at radius 2 is 1.95 bits per heavy atom. The van der Waals surface area contributed by atoms with E-state index in [9.17, 15) is 10.1 Å². The van der Waals surface area contributed by atoms with Crippen LogP contribution in [0.3, 0.4) is 0 Å². The number of rotatable bonds is 5. The van der Waals surface area contributed by atoms with Gasteiger partial charge in [-0.25, -0.2) is 4.79 Å². The molecule has 2 aromatic rings. The number of nitriles is 1. The SMILES string of the molecule is CCCOC(=O)c1ccc(Cn2c(C)cc(C)c2C#N)cc1. The lowest BCUT2D eigenvalue weighted by Gasteiger charge is -2.09. The first kappa shape index (κ1) is 15.8. The minimum absolute atomic E-state index is 0.292. The summed E-state index contributed by atoms with van der Waals surface area (Å²) in [6.07, 6.45) is 0.813. The fourth-order valence-corrected chi connectivity index (χ4v) is 2.41. The highest BCUT2D eigenvalue weighted by atomic mass is 16.5. The molecule has 0 fully saturated rings. The van der Waals surface area contributed by atoms with Gasteiger partial charge in [-0.2, -0.15) is 5.26 Å². The standard InChI is InChI=1S/C18H20N2O2/c1-4-9-22-18(21)16-7-5-15(6-8-16)12-20-14(3)10-13(2)17(20)11-19/h5-8,10H,4,9,12H2,1-3H3. The van der Waals surface area contributed by atoms with Crippen LogP contribution in [-0.4, -0.2) is 17.1 Å². The first-order valence-corrected chi connectivity index (χ1v) is 7.39. The van der Waals surface area contributed by atoms with Crippen molar-refractivity contribution >= 4 is 5.97 Å². The van der Waals surface area contributed by atoms with E-state index in [-0.39, 0.29) is 5.97 Å². The number of aromatic nitrogens is 1. The third-order valence-electron chi connectivity index (χ3n) is 3.57. The average Bonchev–Trinajstić information content (AvgIpc) is 2.79. The molecule has 0 radical (unpaired) electrons. The molecule has 0 aliphatic rings. The summed E-state index contributed by atoms with van der Waals surface area (Å²) in [5.41, 5.74) is 4.32. The van der Waals surface area contributed by atoms with Crippen molar-refractivity contribution in [1.82, 2.24) is 4.57 Å². The number of nitrogens with zero attached hydrogens (tertiary/aromatic N) is 2. The minimum Gasteiger partial charge on any atom is -0.462 e. The summed E-state index contributed by atoms with van der Waals surface area (Å²) < 4.78 is 7.09. The number of ether oxygens (including phenoxy) is 1. The van der Waals surface area contributed by atoms with Crippen molar-refractivity contribution in [2.45, 2.75) is 33.7 Å². The van der Waals surface area contributed by atoms with Crippen molar-refractivity contribution < 1.29 is 9.53 Å². The summed E-state index contributed by atoms with van der Waals surface area (Å²) >= 11 is 0. The van der Waals surface area contributed by atoms with Gasteiger partial charge in [0.1, 0.15) is 11.8 Å². The van der Waals surface area contributed by atoms with Crippen LogP contribution >= 0.6 is 0 Å². The molecule has 4 heteroatoms. The van der Waals surface area contributed by atoms with Crippen LogP contribution in [0.4, 0.5) is 0 Å². The molecule has 1 heterocycles. The molecule has 0 amide bonds. The Kier molecular flexibility index (Phi) is 5.00. The van der Waals surface area contributed by atoms with Gasteiger partial charge in [-0.1, -0.05) is 19.1 Å². The molecule has 22 heavy (non-hydrogen) atoms. The zero-order valence-electron chi connectivity index (χ0n) is 13.2. The second kappa shape index (κ2) is 6.95. The molecule has 0 atom stereocenters. The molecule has 114 valence electrons. The van der Waals surface area contributed by atoms with Crippen LogP contribution in [0.5, 0.6) is 0 Å². The fraction of sp³-hybridized carbons (Fsp3) is 0.333. The molecule has 4 nitrogen and oxygen atoms in total. The van der Waals surface area contributed by atoms with E-state index in [0.717, 1.165) is 23.2 Å². The second-order valence-electron chi connectivity index (χ2n) is 5.35. The topological polar surface area (TPSA) is 55.0 Å². The Labute approximate surface area is 130 Å². The number of carbonyl (C=O) groups excluding carboxylic acids is 1. The molecular weight excluding hydrogens is 276 g/mol. The maximum Gasteiger partial charge on any atom is 0.338 e. The Balaban J connectivity index is 2.16. The molecule has 0 saturated heterocycles. The minimum atomic E-state index is -0.292. The molecular formula is C18H20N2O2. The Morgan fingerprint density at radius 1 is 1.27 bits per heavy atom. The van der Waals surface area contributed by atoms with Crippen molar-refractivity contribution in [2.75, 3.05) is 6.61 Å². The molecule has 0 bridgehead atoms. The van der Waals surface area contributed by atoms with Gasteiger partial charge in [-0.05, 0) is 49.6 Å². The van der Waals surface area contributed by atoms with Crippen molar-refractivity contribution in [3.8, 4) is 6.07 Å². The Bertz CT molecular complexity index is 706. The lowest BCUT2D eigenvalue weighted by Crippen LogP contribution is -2.07. The van der Waals surface area contributed by atoms with Gasteiger partial charge < -0.3 is 9.30 Å². The number of benzene rings is 1. The van der Waals surface area contributed by atoms with Gasteiger partial charge in [0, 0.05) is 12.2 Å². The van der Waals surface area contributed by atoms with Gasteiger partial charge in [-0.3, -0.25) is 0 Å². The van der Waals surface area contributed by atoms with E-state index in [0.29, 0.717) is 24.4 Å². The third-order valence-corrected chi connectivity index (χ3v) is 3.57. The number of esters is 1. The highest BCUT2D eigenvalue weighted by Gasteiger charge is 2.11. The summed E-state index contributed by atoms with van der Waals surface area (Å²) in [5.74, 6) is -0.292. The molecule has 1 aromatic heterocycles. The smallest absolute Gasteiger partial charge is 0.338 e. The largest absolute Gasteiger partial charge is 0.462 e. The predicted molar refractivity (Wildman–Crippen MR) is 84.7 cm³/mol. The summed E-state index contributed by atoms with van der Waals surface area (Å²) in [5, 5.41) is 9.26. The van der Waals surface area contributed by atoms with Crippen LogP contribution in [0.1, 0.15) is 46.2 Å². The lowest BCUT2D eigenvalue weighted by molar-refractivity contribution is 0.0505. The van der Waals surface area contributed by atoms with Gasteiger partial charge in [0.05, 0.1) is 12.2 Å². The van der Waals surface area contributed by atoms with E-state index in [4.69, 9.17) is 4.74 Å². The number of hydrogen-bond acceptors (Lipinski definition) is 3. The summed E-state index contributed by atoms with van der Waals surface area (Å²) in [6, 6.07) is 11.6. The first-order chi connectivity index (χ1) is 10.6. The summed E-state index contributed by atoms with van der Waals surface area (Å²) in [7, 11) is 0. The van der Waals surface area contributed by atoms with Crippen LogP contribution in [0.2, 0.25) is 0 Å². The molecule has 0 N–H and O–H groups in total. The Morgan fingerprint density at radius 3 is 2.55 bits per heavy atom. The first-order valence-electron chi connectivity index (χ1n) is 7.39. The van der Waals surface area contributed by atoms with Gasteiger partial charge in [-0.15, -0.1) is 0 Å². The van der Waals surface area contributed by atoms with E-state index in [2.05, 4.69) is 6.07 Å². The van der Waals surface area contributed by atoms with Crippen molar-refractivity contribution in [3.63, 3.8) is 0 Å². The monoisotopic (exact) mass is 296 g/mol. The van der Waals surface area contributed by atoms with Crippen LogP contribution in [0.25, 0.3) is 0 Å². The second-order valence-corrected chi connectivity index (χ2v) is 5.35. The number of aryl methyl sites for hydroxylation is 2. The van der Waals surface area contributed by atoms with E-state index in [1.165, 1.54) is 0 Å². The van der Waals surface area contributed by atoms with Crippen LogP contribution in [-0.2, 0) is 11.3 Å². The van der Waals surface area contributed by atoms with Crippen LogP contribution < -0.4 is 0 Å². The molecule has 0 spiro atoms. The van der Waals surface area contributed by atoms with E-state index >= 15 is 0 Å². The van der Waals surface area contributed by atoms with Crippen molar-refractivity contribution in [1.29, 1.82) is 5.26 Å². The normalized spacial score (nSPS) is 10.3. The molecule has 0 unspecified atom stereocenters. The average molecular weight is 296 g/mol. The zero-order chi connectivity index (χ0) is 16.1. The van der Waals surface area contributed by atoms with Gasteiger partial charge >= 0.3 is 5.97 Å². The van der Waals surface area contributed by atoms with Crippen LogP contribution in [0.15, 0.2) is 30.3 Å². The van der Waals surface area contributed by atoms with Gasteiger partial charge in [0.2, 0.25) is 0 Å². The predicted octanol–water partition coefficient (Wildman–Crippen LogP) is 3.59. The summed E-state index contributed by atoms with van der Waals surface area (Å²) in [6.45, 7) is 6.95. The zero-order valence-corrected chi connectivity index (χ0v) is 13.2. The lowest BCUT2D eigenvalue weighted by atomic mass is 10.1. The fourth-order valence-electron chi connectivity index (χ4n) is 2.41. The van der Waals surface area contributed by atoms with Gasteiger partial charge in [0.15, 0.2) is 0 Å². The molecule has 1 aromatic carbocycles. The van der Waals surface area contributed by atoms with Crippen molar-refractivity contribution in [2.24, 2.45) is 0 Å². The molecule has 2 rings (SSSR count). The maximum atomic E-state index is 11.8. The maximum absolute atomic E-state index is 11.8. The highest BCUT2D eigenvalue weighted by Crippen LogP contribution is 2.17. The summed E-state index contributed by atoms with van der Waals surface area (Å²) in [4.78, 5) is 11.8. The van der Waals surface area contributed by atoms with Crippen LogP contribution in [0, 0.1) is 25.2 Å². The highest BCUT2D eigenvalue weighted by molar-refractivity contribution is 5.89. The van der Waals surface area contributed by atoms with E-state index < -0.39 is 0 Å². The number of carbonyl (C=O) groups is 1.